The molecule has 1 aliphatic carbocycles. The van der Waals surface area contributed by atoms with E-state index >= 15 is 0 Å². The van der Waals surface area contributed by atoms with E-state index < -0.39 is 27.1 Å². The van der Waals surface area contributed by atoms with E-state index in [2.05, 4.69) is 36.0 Å². The van der Waals surface area contributed by atoms with E-state index in [4.69, 9.17) is 0 Å². The van der Waals surface area contributed by atoms with Gasteiger partial charge in [-0.15, -0.1) is 0 Å². The number of rotatable bonds is 10. The molecule has 0 amide bonds. The molecule has 2 aromatic rings. The van der Waals surface area contributed by atoms with Crippen molar-refractivity contribution >= 4 is 15.7 Å². The number of halogens is 2. The summed E-state index contributed by atoms with van der Waals surface area (Å²) >= 11 is 0. The average Bonchev–Trinajstić information content (AvgIpc) is 3.14. The van der Waals surface area contributed by atoms with E-state index in [-0.39, 0.29) is 28.8 Å². The highest BCUT2D eigenvalue weighted by atomic mass is 32.2. The molecule has 1 aromatic carbocycles. The van der Waals surface area contributed by atoms with Crippen LogP contribution in [0.3, 0.4) is 0 Å². The molecule has 196 valence electrons. The quantitative estimate of drug-likeness (QED) is 0.345. The van der Waals surface area contributed by atoms with Crippen LogP contribution in [0, 0.1) is 34.8 Å². The molecule has 3 atom stereocenters. The molecule has 0 bridgehead atoms. The summed E-state index contributed by atoms with van der Waals surface area (Å²) in [5.74, 6) is -1.17. The van der Waals surface area contributed by atoms with Gasteiger partial charge in [-0.1, -0.05) is 39.8 Å². The van der Waals surface area contributed by atoms with Crippen LogP contribution in [-0.2, 0) is 15.8 Å². The van der Waals surface area contributed by atoms with Gasteiger partial charge in [-0.25, -0.2) is 21.5 Å². The van der Waals surface area contributed by atoms with Crippen LogP contribution < -0.4 is 0 Å². The fourth-order valence-corrected chi connectivity index (χ4v) is 7.08. The van der Waals surface area contributed by atoms with E-state index in [1.165, 1.54) is 29.6 Å². The number of pyridine rings is 1. The third-order valence-corrected chi connectivity index (χ3v) is 9.19. The SMILES string of the molecule is CCN(CC1(C)CC[C@H](C(C)C)[C@@H]1/C=C(\N=N/C)c1c(F)cccc1F)S(=O)(=O)Cc1ccncc1. The summed E-state index contributed by atoms with van der Waals surface area (Å²) in [4.78, 5) is 3.96. The van der Waals surface area contributed by atoms with Gasteiger partial charge < -0.3 is 0 Å². The van der Waals surface area contributed by atoms with Gasteiger partial charge in [0.2, 0.25) is 10.0 Å². The third-order valence-electron chi connectivity index (χ3n) is 7.32. The third kappa shape index (κ3) is 6.24. The molecule has 1 fully saturated rings. The molecule has 36 heavy (non-hydrogen) atoms. The molecule has 0 saturated heterocycles. The van der Waals surface area contributed by atoms with Gasteiger partial charge in [0.15, 0.2) is 0 Å². The molecule has 0 N–H and O–H groups in total. The Morgan fingerprint density at radius 1 is 1.22 bits per heavy atom. The highest BCUT2D eigenvalue weighted by Crippen LogP contribution is 2.52. The van der Waals surface area contributed by atoms with Crippen LogP contribution >= 0.6 is 0 Å². The Labute approximate surface area is 213 Å². The van der Waals surface area contributed by atoms with Crippen molar-refractivity contribution < 1.29 is 17.2 Å². The maximum Gasteiger partial charge on any atom is 0.218 e. The van der Waals surface area contributed by atoms with E-state index in [1.807, 2.05) is 13.0 Å². The summed E-state index contributed by atoms with van der Waals surface area (Å²) in [5, 5.41) is 7.94. The van der Waals surface area contributed by atoms with Crippen molar-refractivity contribution in [1.29, 1.82) is 0 Å². The molecule has 0 radical (unpaired) electrons. The smallest absolute Gasteiger partial charge is 0.218 e. The minimum Gasteiger partial charge on any atom is -0.265 e. The van der Waals surface area contributed by atoms with Crippen molar-refractivity contribution in [3.8, 4) is 0 Å². The van der Waals surface area contributed by atoms with Crippen LogP contribution in [0.25, 0.3) is 5.70 Å². The van der Waals surface area contributed by atoms with Crippen LogP contribution in [0.2, 0.25) is 0 Å². The van der Waals surface area contributed by atoms with Crippen molar-refractivity contribution in [2.24, 2.45) is 33.4 Å². The largest absolute Gasteiger partial charge is 0.265 e. The van der Waals surface area contributed by atoms with Crippen molar-refractivity contribution in [1.82, 2.24) is 9.29 Å². The van der Waals surface area contributed by atoms with Crippen molar-refractivity contribution in [2.75, 3.05) is 20.1 Å². The first-order valence-electron chi connectivity index (χ1n) is 12.3. The number of hydrogen-bond acceptors (Lipinski definition) is 5. The number of nitrogens with zero attached hydrogens (tertiary/aromatic N) is 4. The Bertz CT molecular complexity index is 1180. The topological polar surface area (TPSA) is 75.0 Å². The zero-order valence-corrected chi connectivity index (χ0v) is 22.5. The van der Waals surface area contributed by atoms with Crippen molar-refractivity contribution in [3.05, 3.63) is 71.6 Å². The molecule has 1 unspecified atom stereocenters. The summed E-state index contributed by atoms with van der Waals surface area (Å²) in [5.41, 5.74) is 0.154. The highest BCUT2D eigenvalue weighted by Gasteiger charge is 2.47. The van der Waals surface area contributed by atoms with Gasteiger partial charge in [-0.3, -0.25) is 4.98 Å². The van der Waals surface area contributed by atoms with Gasteiger partial charge >= 0.3 is 0 Å². The van der Waals surface area contributed by atoms with Gasteiger partial charge in [0.25, 0.3) is 0 Å². The zero-order chi connectivity index (χ0) is 26.5. The normalized spacial score (nSPS) is 23.3. The van der Waals surface area contributed by atoms with E-state index in [0.29, 0.717) is 24.6 Å². The van der Waals surface area contributed by atoms with Crippen LogP contribution in [0.5, 0.6) is 0 Å². The van der Waals surface area contributed by atoms with Crippen LogP contribution in [0.15, 0.2) is 59.0 Å². The molecule has 1 saturated carbocycles. The summed E-state index contributed by atoms with van der Waals surface area (Å²) in [6.45, 7) is 8.78. The maximum atomic E-state index is 14.7. The van der Waals surface area contributed by atoms with E-state index in [9.17, 15) is 17.2 Å². The lowest BCUT2D eigenvalue weighted by Crippen LogP contribution is -2.42. The second kappa shape index (κ2) is 11.7. The Morgan fingerprint density at radius 3 is 2.42 bits per heavy atom. The molecule has 0 aliphatic heterocycles. The summed E-state index contributed by atoms with van der Waals surface area (Å²) in [6.07, 6.45) is 6.65. The summed E-state index contributed by atoms with van der Waals surface area (Å²) < 4.78 is 57.7. The minimum absolute atomic E-state index is 0.108. The van der Waals surface area contributed by atoms with Crippen LogP contribution in [0.1, 0.15) is 51.7 Å². The van der Waals surface area contributed by atoms with Gasteiger partial charge in [0.05, 0.1) is 17.0 Å². The number of benzene rings is 1. The summed E-state index contributed by atoms with van der Waals surface area (Å²) in [6, 6.07) is 7.13. The van der Waals surface area contributed by atoms with Crippen molar-refractivity contribution in [2.45, 2.75) is 46.3 Å². The van der Waals surface area contributed by atoms with Crippen LogP contribution in [-0.4, -0.2) is 37.8 Å². The fourth-order valence-electron chi connectivity index (χ4n) is 5.39. The first-order valence-corrected chi connectivity index (χ1v) is 14.0. The lowest BCUT2D eigenvalue weighted by Gasteiger charge is -2.37. The lowest BCUT2D eigenvalue weighted by molar-refractivity contribution is 0.173. The predicted molar refractivity (Wildman–Crippen MR) is 138 cm³/mol. The molecular weight excluding hydrogens is 482 g/mol. The standard InChI is InChI=1S/C27H36F2N4O2S/c1-6-33(36(34,35)17-20-11-14-31-15-12-20)18-27(4)13-10-21(19(2)3)22(27)16-25(32-30-5)26-23(28)8-7-9-24(26)29/h7-9,11-12,14-16,19,21-22H,6,10,13,17-18H2,1-5H3/b25-16-,32-30-/t21-,22+,27?/m1/s1. The summed E-state index contributed by atoms with van der Waals surface area (Å²) in [7, 11) is -2.13. The Hall–Kier alpha value is -2.52. The zero-order valence-electron chi connectivity index (χ0n) is 21.7. The van der Waals surface area contributed by atoms with E-state index in [1.54, 1.807) is 24.5 Å². The molecule has 3 rings (SSSR count). The molecule has 1 aliphatic rings. The first kappa shape index (κ1) is 28.1. The molecule has 1 aromatic heterocycles. The number of aromatic nitrogens is 1. The van der Waals surface area contributed by atoms with Gasteiger partial charge in [-0.05, 0) is 65.8 Å². The number of azo groups is 1. The van der Waals surface area contributed by atoms with Gasteiger partial charge in [0, 0.05) is 32.5 Å². The number of sulfonamides is 1. The molecule has 6 nitrogen and oxygen atoms in total. The minimum atomic E-state index is -3.59. The van der Waals surface area contributed by atoms with Crippen molar-refractivity contribution in [3.63, 3.8) is 0 Å². The second-order valence-electron chi connectivity index (χ2n) is 10.1. The molecular formula is C27H36F2N4O2S. The first-order chi connectivity index (χ1) is 17.0. The Balaban J connectivity index is 2.02. The number of allylic oxidation sites excluding steroid dienone is 1. The monoisotopic (exact) mass is 518 g/mol. The second-order valence-corrected chi connectivity index (χ2v) is 12.1. The van der Waals surface area contributed by atoms with Gasteiger partial charge in [0.1, 0.15) is 11.6 Å². The molecule has 0 spiro atoms. The molecule has 9 heteroatoms. The highest BCUT2D eigenvalue weighted by molar-refractivity contribution is 7.88. The number of hydrogen-bond donors (Lipinski definition) is 0. The molecule has 1 heterocycles. The maximum absolute atomic E-state index is 14.7. The Morgan fingerprint density at radius 2 is 1.86 bits per heavy atom. The van der Waals surface area contributed by atoms with Gasteiger partial charge in [-0.2, -0.15) is 10.2 Å². The van der Waals surface area contributed by atoms with Crippen LogP contribution in [0.4, 0.5) is 8.78 Å². The predicted octanol–water partition coefficient (Wildman–Crippen LogP) is 6.32. The average molecular weight is 519 g/mol. The Kier molecular flexibility index (Phi) is 9.11. The lowest BCUT2D eigenvalue weighted by atomic mass is 9.73. The fraction of sp³-hybridized carbons (Fsp3) is 0.519. The van der Waals surface area contributed by atoms with E-state index in [0.717, 1.165) is 12.8 Å².